The highest BCUT2D eigenvalue weighted by molar-refractivity contribution is 9.10. The molecule has 0 amide bonds. The minimum atomic E-state index is 0.202. The Bertz CT molecular complexity index is 510. The number of hydrogen-bond donors (Lipinski definition) is 1. The Labute approximate surface area is 140 Å². The van der Waals surface area contributed by atoms with E-state index in [1.54, 1.807) is 0 Å². The first kappa shape index (κ1) is 15.8. The van der Waals surface area contributed by atoms with E-state index in [-0.39, 0.29) is 6.04 Å². The van der Waals surface area contributed by atoms with E-state index < -0.39 is 0 Å². The number of nitrogens with two attached hydrogens (primary N) is 1. The van der Waals surface area contributed by atoms with Gasteiger partial charge in [0, 0.05) is 47.3 Å². The molecule has 0 aliphatic carbocycles. The lowest BCUT2D eigenvalue weighted by Gasteiger charge is -2.46. The van der Waals surface area contributed by atoms with Gasteiger partial charge in [-0.25, -0.2) is 0 Å². The summed E-state index contributed by atoms with van der Waals surface area (Å²) in [4.78, 5) is 5.19. The van der Waals surface area contributed by atoms with E-state index in [0.29, 0.717) is 18.6 Å². The largest absolute Gasteiger partial charge is 0.329 e. The summed E-state index contributed by atoms with van der Waals surface area (Å²) in [7, 11) is 0. The molecule has 3 unspecified atom stereocenters. The van der Waals surface area contributed by atoms with Crippen LogP contribution in [0.4, 0.5) is 0 Å². The lowest BCUT2D eigenvalue weighted by Crippen LogP contribution is -2.56. The molecular formula is C16H23BrClN3. The molecule has 2 N–H and O–H groups in total. The lowest BCUT2D eigenvalue weighted by atomic mass is 9.99. The number of fused-ring (bicyclic) bond motifs is 1. The van der Waals surface area contributed by atoms with Crippen LogP contribution in [0.1, 0.15) is 31.4 Å². The molecule has 1 aromatic carbocycles. The van der Waals surface area contributed by atoms with Crippen molar-refractivity contribution in [2.75, 3.05) is 26.2 Å². The Morgan fingerprint density at radius 1 is 1.43 bits per heavy atom. The summed E-state index contributed by atoms with van der Waals surface area (Å²) in [6.45, 7) is 6.42. The Hall–Kier alpha value is -0.130. The summed E-state index contributed by atoms with van der Waals surface area (Å²) in [5.74, 6) is 0. The first-order valence-electron chi connectivity index (χ1n) is 7.75. The van der Waals surface area contributed by atoms with E-state index in [0.717, 1.165) is 28.1 Å². The van der Waals surface area contributed by atoms with Crippen LogP contribution >= 0.6 is 27.5 Å². The fraction of sp³-hybridized carbons (Fsp3) is 0.625. The SMILES string of the molecule is CC1CN2CCCC2CN1C(CN)c1cc(Br)ccc1Cl. The van der Waals surface area contributed by atoms with Crippen LogP contribution in [0, 0.1) is 0 Å². The Morgan fingerprint density at radius 3 is 3.00 bits per heavy atom. The normalized spacial score (nSPS) is 28.6. The predicted octanol–water partition coefficient (Wildman–Crippen LogP) is 3.27. The first-order chi connectivity index (χ1) is 10.1. The molecule has 0 saturated carbocycles. The fourth-order valence-corrected chi connectivity index (χ4v) is 4.48. The molecular weight excluding hydrogens is 350 g/mol. The number of hydrogen-bond acceptors (Lipinski definition) is 3. The smallest absolute Gasteiger partial charge is 0.0489 e. The molecule has 3 rings (SSSR count). The van der Waals surface area contributed by atoms with Gasteiger partial charge in [0.15, 0.2) is 0 Å². The summed E-state index contributed by atoms with van der Waals surface area (Å²) in [6.07, 6.45) is 2.64. The molecule has 0 bridgehead atoms. The second-order valence-corrected chi connectivity index (χ2v) is 7.58. The summed E-state index contributed by atoms with van der Waals surface area (Å²) in [5.41, 5.74) is 7.27. The van der Waals surface area contributed by atoms with Crippen LogP contribution in [0.15, 0.2) is 22.7 Å². The van der Waals surface area contributed by atoms with Crippen LogP contribution in [0.2, 0.25) is 5.02 Å². The van der Waals surface area contributed by atoms with Crippen LogP contribution in [0.5, 0.6) is 0 Å². The molecule has 2 fully saturated rings. The van der Waals surface area contributed by atoms with Gasteiger partial charge in [0.05, 0.1) is 0 Å². The average Bonchev–Trinajstić information content (AvgIpc) is 2.90. The van der Waals surface area contributed by atoms with E-state index in [1.165, 1.54) is 19.4 Å². The first-order valence-corrected chi connectivity index (χ1v) is 8.92. The zero-order chi connectivity index (χ0) is 15.0. The van der Waals surface area contributed by atoms with Crippen LogP contribution in [0.25, 0.3) is 0 Å². The van der Waals surface area contributed by atoms with Gasteiger partial charge in [-0.2, -0.15) is 0 Å². The van der Waals surface area contributed by atoms with Gasteiger partial charge in [-0.05, 0) is 50.1 Å². The highest BCUT2D eigenvalue weighted by Gasteiger charge is 2.37. The van der Waals surface area contributed by atoms with Crippen molar-refractivity contribution in [3.05, 3.63) is 33.3 Å². The Kier molecular flexibility index (Phi) is 4.91. The number of benzene rings is 1. The minimum Gasteiger partial charge on any atom is -0.329 e. The highest BCUT2D eigenvalue weighted by Crippen LogP contribution is 2.34. The molecule has 0 spiro atoms. The van der Waals surface area contributed by atoms with E-state index in [9.17, 15) is 0 Å². The number of nitrogens with zero attached hydrogens (tertiary/aromatic N) is 2. The van der Waals surface area contributed by atoms with Crippen LogP contribution in [-0.2, 0) is 0 Å². The van der Waals surface area contributed by atoms with E-state index in [2.05, 4.69) is 38.7 Å². The summed E-state index contributed by atoms with van der Waals surface area (Å²) in [6, 6.07) is 7.47. The summed E-state index contributed by atoms with van der Waals surface area (Å²) < 4.78 is 1.06. The summed E-state index contributed by atoms with van der Waals surface area (Å²) in [5, 5.41) is 0.815. The van der Waals surface area contributed by atoms with Crippen molar-refractivity contribution in [3.63, 3.8) is 0 Å². The lowest BCUT2D eigenvalue weighted by molar-refractivity contribution is 0.0296. The molecule has 0 radical (unpaired) electrons. The zero-order valence-corrected chi connectivity index (χ0v) is 14.8. The number of halogens is 2. The van der Waals surface area contributed by atoms with Crippen molar-refractivity contribution in [1.29, 1.82) is 0 Å². The van der Waals surface area contributed by atoms with Crippen molar-refractivity contribution in [2.45, 2.75) is 37.9 Å². The predicted molar refractivity (Wildman–Crippen MR) is 91.7 cm³/mol. The van der Waals surface area contributed by atoms with Crippen LogP contribution in [0.3, 0.4) is 0 Å². The van der Waals surface area contributed by atoms with Crippen molar-refractivity contribution < 1.29 is 0 Å². The molecule has 3 nitrogen and oxygen atoms in total. The Morgan fingerprint density at radius 2 is 2.24 bits per heavy atom. The van der Waals surface area contributed by atoms with Crippen molar-refractivity contribution in [3.8, 4) is 0 Å². The maximum absolute atomic E-state index is 6.43. The third-order valence-corrected chi connectivity index (χ3v) is 5.76. The van der Waals surface area contributed by atoms with Gasteiger partial charge < -0.3 is 5.73 Å². The van der Waals surface area contributed by atoms with Gasteiger partial charge in [-0.3, -0.25) is 9.80 Å². The van der Waals surface area contributed by atoms with Gasteiger partial charge >= 0.3 is 0 Å². The van der Waals surface area contributed by atoms with Crippen molar-refractivity contribution in [1.82, 2.24) is 9.80 Å². The molecule has 5 heteroatoms. The fourth-order valence-electron chi connectivity index (χ4n) is 3.86. The van der Waals surface area contributed by atoms with Gasteiger partial charge in [-0.1, -0.05) is 27.5 Å². The molecule has 116 valence electrons. The van der Waals surface area contributed by atoms with Crippen molar-refractivity contribution in [2.24, 2.45) is 5.73 Å². The van der Waals surface area contributed by atoms with E-state index in [4.69, 9.17) is 17.3 Å². The maximum atomic E-state index is 6.43. The standard InChI is InChI=1S/C16H23BrClN3/c1-11-9-20-6-2-3-13(20)10-21(11)16(8-19)14-7-12(17)4-5-15(14)18/h4-5,7,11,13,16H,2-3,6,8-10,19H2,1H3. The minimum absolute atomic E-state index is 0.202. The molecule has 0 aromatic heterocycles. The van der Waals surface area contributed by atoms with Crippen LogP contribution < -0.4 is 5.73 Å². The molecule has 2 saturated heterocycles. The van der Waals surface area contributed by atoms with Gasteiger partial charge in [0.25, 0.3) is 0 Å². The maximum Gasteiger partial charge on any atom is 0.0489 e. The molecule has 2 heterocycles. The number of piperazine rings is 1. The molecule has 21 heavy (non-hydrogen) atoms. The second-order valence-electron chi connectivity index (χ2n) is 6.25. The monoisotopic (exact) mass is 371 g/mol. The third-order valence-electron chi connectivity index (χ3n) is 4.93. The molecule has 3 atom stereocenters. The number of rotatable bonds is 3. The highest BCUT2D eigenvalue weighted by atomic mass is 79.9. The Balaban J connectivity index is 1.86. The summed E-state index contributed by atoms with van der Waals surface area (Å²) >= 11 is 9.99. The van der Waals surface area contributed by atoms with Crippen molar-refractivity contribution >= 4 is 27.5 Å². The quantitative estimate of drug-likeness (QED) is 0.884. The molecule has 1 aromatic rings. The van der Waals surface area contributed by atoms with E-state index in [1.807, 2.05) is 12.1 Å². The van der Waals surface area contributed by atoms with E-state index >= 15 is 0 Å². The topological polar surface area (TPSA) is 32.5 Å². The van der Waals surface area contributed by atoms with Gasteiger partial charge in [0.2, 0.25) is 0 Å². The third kappa shape index (κ3) is 3.15. The second kappa shape index (κ2) is 6.55. The average molecular weight is 373 g/mol. The van der Waals surface area contributed by atoms with Gasteiger partial charge in [0.1, 0.15) is 0 Å². The zero-order valence-electron chi connectivity index (χ0n) is 12.4. The molecule has 2 aliphatic rings. The van der Waals surface area contributed by atoms with Crippen LogP contribution in [-0.4, -0.2) is 48.1 Å². The van der Waals surface area contributed by atoms with Gasteiger partial charge in [-0.15, -0.1) is 0 Å². The molecule has 2 aliphatic heterocycles.